The lowest BCUT2D eigenvalue weighted by Gasteiger charge is -2.50. The summed E-state index contributed by atoms with van der Waals surface area (Å²) in [6.45, 7) is 5.12. The number of carbonyl (C=O) groups excluding carboxylic acids is 1. The molecular formula is C20H26N4O2. The first-order chi connectivity index (χ1) is 12.8. The SMILES string of the molecule is N#Cc1cccc(CC(=O)N2CCN[C@@H]3COCC(N4CCCC4)[C@H]32)c1. The van der Waals surface area contributed by atoms with E-state index in [0.717, 1.165) is 31.7 Å². The number of amides is 1. The highest BCUT2D eigenvalue weighted by Gasteiger charge is 2.44. The standard InChI is InChI=1S/C20H26N4O2/c21-12-16-5-3-4-15(10-16)11-19(25)24-9-6-22-17-13-26-14-18(20(17)24)23-7-1-2-8-23/h3-5,10,17-18,20,22H,1-2,6-9,11,13-14H2/t17-,18?,20+/m1/s1. The number of fused-ring (bicyclic) bond motifs is 1. The van der Waals surface area contributed by atoms with Gasteiger partial charge in [0, 0.05) is 13.1 Å². The van der Waals surface area contributed by atoms with E-state index in [-0.39, 0.29) is 24.0 Å². The minimum atomic E-state index is 0.155. The Bertz CT molecular complexity index is 693. The van der Waals surface area contributed by atoms with E-state index in [1.807, 2.05) is 18.2 Å². The molecule has 0 saturated carbocycles. The van der Waals surface area contributed by atoms with Crippen molar-refractivity contribution in [2.45, 2.75) is 37.4 Å². The molecule has 4 rings (SSSR count). The number of likely N-dealkylation sites (tertiary alicyclic amines) is 1. The van der Waals surface area contributed by atoms with Gasteiger partial charge in [-0.15, -0.1) is 0 Å². The van der Waals surface area contributed by atoms with Crippen LogP contribution in [0.15, 0.2) is 24.3 Å². The van der Waals surface area contributed by atoms with Crippen molar-refractivity contribution in [3.63, 3.8) is 0 Å². The van der Waals surface area contributed by atoms with Crippen molar-refractivity contribution in [1.82, 2.24) is 15.1 Å². The van der Waals surface area contributed by atoms with Crippen LogP contribution in [0.5, 0.6) is 0 Å². The highest BCUT2D eigenvalue weighted by molar-refractivity contribution is 5.79. The number of hydrogen-bond acceptors (Lipinski definition) is 5. The number of benzene rings is 1. The summed E-state index contributed by atoms with van der Waals surface area (Å²) < 4.78 is 5.86. The zero-order valence-corrected chi connectivity index (χ0v) is 15.1. The van der Waals surface area contributed by atoms with Gasteiger partial charge in [-0.3, -0.25) is 9.69 Å². The minimum Gasteiger partial charge on any atom is -0.378 e. The zero-order valence-electron chi connectivity index (χ0n) is 15.1. The summed E-state index contributed by atoms with van der Waals surface area (Å²) in [5.41, 5.74) is 1.52. The molecule has 3 fully saturated rings. The fourth-order valence-corrected chi connectivity index (χ4v) is 4.62. The number of nitrogens with zero attached hydrogens (tertiary/aromatic N) is 3. The first-order valence-electron chi connectivity index (χ1n) is 9.60. The molecule has 138 valence electrons. The summed E-state index contributed by atoms with van der Waals surface area (Å²) in [5.74, 6) is 0.155. The summed E-state index contributed by atoms with van der Waals surface area (Å²) >= 11 is 0. The van der Waals surface area contributed by atoms with Crippen LogP contribution in [0.4, 0.5) is 0 Å². The number of nitrogens with one attached hydrogen (secondary N) is 1. The van der Waals surface area contributed by atoms with E-state index in [1.54, 1.807) is 6.07 Å². The summed E-state index contributed by atoms with van der Waals surface area (Å²) in [6, 6.07) is 10.2. The van der Waals surface area contributed by atoms with Crippen LogP contribution in [-0.4, -0.2) is 73.2 Å². The normalized spacial score (nSPS) is 29.2. The van der Waals surface area contributed by atoms with E-state index in [4.69, 9.17) is 10.00 Å². The Morgan fingerprint density at radius 2 is 2.12 bits per heavy atom. The molecule has 3 heterocycles. The Balaban J connectivity index is 1.53. The number of nitriles is 1. The second-order valence-corrected chi connectivity index (χ2v) is 7.48. The molecule has 1 aromatic carbocycles. The third-order valence-electron chi connectivity index (χ3n) is 5.85. The molecule has 6 heteroatoms. The Labute approximate surface area is 154 Å². The third kappa shape index (κ3) is 3.48. The van der Waals surface area contributed by atoms with Gasteiger partial charge < -0.3 is 15.0 Å². The third-order valence-corrected chi connectivity index (χ3v) is 5.85. The van der Waals surface area contributed by atoms with Gasteiger partial charge in [0.25, 0.3) is 0 Å². The highest BCUT2D eigenvalue weighted by Crippen LogP contribution is 2.26. The lowest BCUT2D eigenvalue weighted by Crippen LogP contribution is -2.70. The van der Waals surface area contributed by atoms with Gasteiger partial charge in [0.1, 0.15) is 0 Å². The van der Waals surface area contributed by atoms with Gasteiger partial charge in [0.2, 0.25) is 5.91 Å². The number of ether oxygens (including phenoxy) is 1. The molecule has 0 bridgehead atoms. The van der Waals surface area contributed by atoms with Gasteiger partial charge in [-0.25, -0.2) is 0 Å². The fraction of sp³-hybridized carbons (Fsp3) is 0.600. The van der Waals surface area contributed by atoms with Gasteiger partial charge in [0.15, 0.2) is 0 Å². The molecule has 1 amide bonds. The Morgan fingerprint density at radius 1 is 1.27 bits per heavy atom. The molecule has 0 radical (unpaired) electrons. The largest absolute Gasteiger partial charge is 0.378 e. The first-order valence-corrected chi connectivity index (χ1v) is 9.60. The molecule has 1 aromatic rings. The van der Waals surface area contributed by atoms with Crippen LogP contribution in [-0.2, 0) is 16.0 Å². The van der Waals surface area contributed by atoms with Crippen LogP contribution in [0.25, 0.3) is 0 Å². The van der Waals surface area contributed by atoms with Gasteiger partial charge >= 0.3 is 0 Å². The van der Waals surface area contributed by atoms with Crippen LogP contribution in [0, 0.1) is 11.3 Å². The molecular weight excluding hydrogens is 328 g/mol. The van der Waals surface area contributed by atoms with Crippen LogP contribution in [0.3, 0.4) is 0 Å². The second kappa shape index (κ2) is 7.75. The lowest BCUT2D eigenvalue weighted by molar-refractivity contribution is -0.142. The number of rotatable bonds is 3. The second-order valence-electron chi connectivity index (χ2n) is 7.48. The molecule has 26 heavy (non-hydrogen) atoms. The molecule has 3 aliphatic rings. The smallest absolute Gasteiger partial charge is 0.227 e. The molecule has 1 N–H and O–H groups in total. The van der Waals surface area contributed by atoms with E-state index in [0.29, 0.717) is 25.2 Å². The van der Waals surface area contributed by atoms with E-state index in [2.05, 4.69) is 21.2 Å². The zero-order chi connectivity index (χ0) is 17.9. The minimum absolute atomic E-state index is 0.155. The van der Waals surface area contributed by atoms with Crippen molar-refractivity contribution >= 4 is 5.91 Å². The van der Waals surface area contributed by atoms with Gasteiger partial charge in [-0.2, -0.15) is 5.26 Å². The predicted molar refractivity (Wildman–Crippen MR) is 97.6 cm³/mol. The lowest BCUT2D eigenvalue weighted by atomic mass is 9.92. The molecule has 1 unspecified atom stereocenters. The molecule has 6 nitrogen and oxygen atoms in total. The Morgan fingerprint density at radius 3 is 2.92 bits per heavy atom. The van der Waals surface area contributed by atoms with Crippen LogP contribution >= 0.6 is 0 Å². The predicted octanol–water partition coefficient (Wildman–Crippen LogP) is 0.764. The number of hydrogen-bond donors (Lipinski definition) is 1. The monoisotopic (exact) mass is 354 g/mol. The summed E-state index contributed by atoms with van der Waals surface area (Å²) in [6.07, 6.45) is 2.82. The van der Waals surface area contributed by atoms with Gasteiger partial charge in [-0.1, -0.05) is 12.1 Å². The van der Waals surface area contributed by atoms with Gasteiger partial charge in [-0.05, 0) is 43.6 Å². The van der Waals surface area contributed by atoms with E-state index in [9.17, 15) is 4.79 Å². The van der Waals surface area contributed by atoms with Crippen molar-refractivity contribution in [3.05, 3.63) is 35.4 Å². The maximum Gasteiger partial charge on any atom is 0.227 e. The fourth-order valence-electron chi connectivity index (χ4n) is 4.62. The highest BCUT2D eigenvalue weighted by atomic mass is 16.5. The summed E-state index contributed by atoms with van der Waals surface area (Å²) in [7, 11) is 0. The molecule has 3 atom stereocenters. The number of piperazine rings is 1. The van der Waals surface area contributed by atoms with Crippen molar-refractivity contribution in [3.8, 4) is 6.07 Å². The average Bonchev–Trinajstić information content (AvgIpc) is 3.21. The number of carbonyl (C=O) groups is 1. The topological polar surface area (TPSA) is 68.6 Å². The van der Waals surface area contributed by atoms with Gasteiger partial charge in [0.05, 0.1) is 49.4 Å². The molecule has 0 aliphatic carbocycles. The Kier molecular flexibility index (Phi) is 5.21. The van der Waals surface area contributed by atoms with E-state index in [1.165, 1.54) is 12.8 Å². The average molecular weight is 354 g/mol. The van der Waals surface area contributed by atoms with Crippen molar-refractivity contribution in [2.75, 3.05) is 39.4 Å². The molecule has 0 spiro atoms. The first kappa shape index (κ1) is 17.5. The van der Waals surface area contributed by atoms with E-state index >= 15 is 0 Å². The molecule has 3 saturated heterocycles. The van der Waals surface area contributed by atoms with Crippen molar-refractivity contribution < 1.29 is 9.53 Å². The summed E-state index contributed by atoms with van der Waals surface area (Å²) in [5, 5.41) is 12.6. The van der Waals surface area contributed by atoms with Crippen molar-refractivity contribution in [1.29, 1.82) is 5.26 Å². The molecule has 0 aromatic heterocycles. The van der Waals surface area contributed by atoms with Crippen LogP contribution < -0.4 is 5.32 Å². The quantitative estimate of drug-likeness (QED) is 0.868. The summed E-state index contributed by atoms with van der Waals surface area (Å²) in [4.78, 5) is 17.7. The van der Waals surface area contributed by atoms with Crippen LogP contribution in [0.2, 0.25) is 0 Å². The maximum atomic E-state index is 13.1. The Hall–Kier alpha value is -1.94. The maximum absolute atomic E-state index is 13.1. The van der Waals surface area contributed by atoms with Crippen molar-refractivity contribution in [2.24, 2.45) is 0 Å². The van der Waals surface area contributed by atoms with E-state index < -0.39 is 0 Å². The van der Waals surface area contributed by atoms with Crippen LogP contribution in [0.1, 0.15) is 24.0 Å². The molecule has 3 aliphatic heterocycles.